The maximum atomic E-state index is 10.9. The van der Waals surface area contributed by atoms with Crippen molar-refractivity contribution in [3.8, 4) is 0 Å². The van der Waals surface area contributed by atoms with E-state index in [1.807, 2.05) is 48.6 Å². The van der Waals surface area contributed by atoms with Crippen LogP contribution in [0.3, 0.4) is 0 Å². The Morgan fingerprint density at radius 3 is 2.57 bits per heavy atom. The third-order valence-electron chi connectivity index (χ3n) is 2.24. The molecular formula is C12H10OS. The minimum Gasteiger partial charge on any atom is -0.212 e. The summed E-state index contributed by atoms with van der Waals surface area (Å²) in [5.41, 5.74) is 1.17. The summed E-state index contributed by atoms with van der Waals surface area (Å²) in [7, 11) is 0. The van der Waals surface area contributed by atoms with Crippen molar-refractivity contribution in [2.24, 2.45) is 0 Å². The Morgan fingerprint density at radius 1 is 1.07 bits per heavy atom. The lowest BCUT2D eigenvalue weighted by Crippen LogP contribution is -2.09. The summed E-state index contributed by atoms with van der Waals surface area (Å²) in [6.07, 6.45) is 7.82. The van der Waals surface area contributed by atoms with E-state index in [4.69, 9.17) is 0 Å². The summed E-state index contributed by atoms with van der Waals surface area (Å²) in [4.78, 5) is 0.860. The molecule has 14 heavy (non-hydrogen) atoms. The monoisotopic (exact) mass is 202 g/mol. The first-order valence-electron chi connectivity index (χ1n) is 4.48. The van der Waals surface area contributed by atoms with Gasteiger partial charge in [0.1, 0.15) is 0 Å². The smallest absolute Gasteiger partial charge is 0.0930 e. The van der Waals surface area contributed by atoms with Gasteiger partial charge in [0.05, 0.1) is 16.1 Å². The van der Waals surface area contributed by atoms with Crippen molar-refractivity contribution in [2.75, 3.05) is 0 Å². The fourth-order valence-electron chi connectivity index (χ4n) is 1.54. The summed E-state index contributed by atoms with van der Waals surface area (Å²) in [6, 6.07) is 10.1. The molecule has 1 aromatic carbocycles. The van der Waals surface area contributed by atoms with Crippen molar-refractivity contribution in [1.29, 1.82) is 0 Å². The van der Waals surface area contributed by atoms with Gasteiger partial charge >= 0.3 is 0 Å². The third-order valence-corrected chi connectivity index (χ3v) is 2.82. The zero-order valence-electron chi connectivity index (χ0n) is 7.59. The normalized spacial score (nSPS) is 19.7. The van der Waals surface area contributed by atoms with E-state index >= 15 is 0 Å². The molecule has 0 fully saturated rings. The van der Waals surface area contributed by atoms with Gasteiger partial charge in [0.25, 0.3) is 0 Å². The SMILES string of the molecule is O=S=C1C=CC=CC1c1ccccc1. The molecular weight excluding hydrogens is 192 g/mol. The van der Waals surface area contributed by atoms with Crippen LogP contribution in [0.1, 0.15) is 11.5 Å². The molecule has 70 valence electrons. The van der Waals surface area contributed by atoms with Crippen LogP contribution < -0.4 is 0 Å². The summed E-state index contributed by atoms with van der Waals surface area (Å²) >= 11 is 0.577. The second kappa shape index (κ2) is 4.20. The molecule has 1 aliphatic rings. The standard InChI is InChI=1S/C12H10OS/c13-14-12-9-5-4-8-11(12)10-6-2-1-3-7-10/h1-9,11H. The van der Waals surface area contributed by atoms with Crippen molar-refractivity contribution in [2.45, 2.75) is 5.92 Å². The lowest BCUT2D eigenvalue weighted by Gasteiger charge is -2.13. The molecule has 0 aliphatic heterocycles. The largest absolute Gasteiger partial charge is 0.212 e. The zero-order chi connectivity index (χ0) is 9.80. The first-order valence-corrected chi connectivity index (χ1v) is 5.22. The van der Waals surface area contributed by atoms with E-state index in [-0.39, 0.29) is 5.92 Å². The maximum absolute atomic E-state index is 10.9. The van der Waals surface area contributed by atoms with Gasteiger partial charge in [0.2, 0.25) is 0 Å². The number of hydrogen-bond donors (Lipinski definition) is 0. The molecule has 1 nitrogen and oxygen atoms in total. The molecule has 1 unspecified atom stereocenters. The van der Waals surface area contributed by atoms with Gasteiger partial charge < -0.3 is 0 Å². The second-order valence-corrected chi connectivity index (χ2v) is 3.76. The highest BCUT2D eigenvalue weighted by molar-refractivity contribution is 7.67. The second-order valence-electron chi connectivity index (χ2n) is 3.12. The lowest BCUT2D eigenvalue weighted by atomic mass is 9.92. The highest BCUT2D eigenvalue weighted by atomic mass is 32.1. The van der Waals surface area contributed by atoms with Gasteiger partial charge in [-0.3, -0.25) is 0 Å². The Labute approximate surface area is 86.8 Å². The Hall–Kier alpha value is -1.41. The van der Waals surface area contributed by atoms with Crippen LogP contribution in [0.2, 0.25) is 0 Å². The van der Waals surface area contributed by atoms with Crippen LogP contribution in [0.5, 0.6) is 0 Å². The molecule has 0 bridgehead atoms. The molecule has 2 rings (SSSR count). The molecule has 0 spiro atoms. The minimum atomic E-state index is 0.142. The van der Waals surface area contributed by atoms with Crippen molar-refractivity contribution in [1.82, 2.24) is 0 Å². The molecule has 1 aromatic rings. The highest BCUT2D eigenvalue weighted by Gasteiger charge is 2.13. The summed E-state index contributed by atoms with van der Waals surface area (Å²) in [6.45, 7) is 0. The van der Waals surface area contributed by atoms with Gasteiger partial charge in [-0.25, -0.2) is 4.21 Å². The average molecular weight is 202 g/mol. The van der Waals surface area contributed by atoms with E-state index in [0.717, 1.165) is 4.86 Å². The van der Waals surface area contributed by atoms with Crippen LogP contribution in [-0.2, 0) is 11.3 Å². The lowest BCUT2D eigenvalue weighted by molar-refractivity contribution is 0.700. The molecule has 0 saturated carbocycles. The van der Waals surface area contributed by atoms with E-state index in [1.54, 1.807) is 0 Å². The van der Waals surface area contributed by atoms with Crippen molar-refractivity contribution < 1.29 is 4.21 Å². The van der Waals surface area contributed by atoms with Crippen LogP contribution in [0, 0.1) is 0 Å². The zero-order valence-corrected chi connectivity index (χ0v) is 8.41. The van der Waals surface area contributed by atoms with E-state index < -0.39 is 0 Å². The Balaban J connectivity index is 2.40. The summed E-state index contributed by atoms with van der Waals surface area (Å²) in [5.74, 6) is 0.142. The Bertz CT molecular complexity index is 425. The predicted molar refractivity (Wildman–Crippen MR) is 60.6 cm³/mol. The summed E-state index contributed by atoms with van der Waals surface area (Å²) < 4.78 is 10.9. The van der Waals surface area contributed by atoms with Gasteiger partial charge in [-0.1, -0.05) is 48.6 Å². The maximum Gasteiger partial charge on any atom is 0.0930 e. The van der Waals surface area contributed by atoms with Gasteiger partial charge in [-0.05, 0) is 11.6 Å². The van der Waals surface area contributed by atoms with E-state index in [1.165, 1.54) is 5.56 Å². The topological polar surface area (TPSA) is 17.1 Å². The van der Waals surface area contributed by atoms with E-state index in [0.29, 0.717) is 11.3 Å². The van der Waals surface area contributed by atoms with Crippen LogP contribution in [-0.4, -0.2) is 9.07 Å². The number of allylic oxidation sites excluding steroid dienone is 4. The van der Waals surface area contributed by atoms with Gasteiger partial charge in [0.15, 0.2) is 0 Å². The molecule has 0 saturated heterocycles. The van der Waals surface area contributed by atoms with Gasteiger partial charge in [-0.15, -0.1) is 0 Å². The first kappa shape index (κ1) is 9.16. The minimum absolute atomic E-state index is 0.142. The number of rotatable bonds is 1. The van der Waals surface area contributed by atoms with Crippen molar-refractivity contribution in [3.63, 3.8) is 0 Å². The van der Waals surface area contributed by atoms with E-state index in [9.17, 15) is 4.21 Å². The first-order chi connectivity index (χ1) is 6.92. The highest BCUT2D eigenvalue weighted by Crippen LogP contribution is 2.21. The summed E-state index contributed by atoms with van der Waals surface area (Å²) in [5, 5.41) is 0. The third kappa shape index (κ3) is 1.75. The Kier molecular flexibility index (Phi) is 2.75. The molecule has 0 amide bonds. The molecule has 1 atom stereocenters. The van der Waals surface area contributed by atoms with Crippen LogP contribution in [0.25, 0.3) is 0 Å². The van der Waals surface area contributed by atoms with Crippen LogP contribution in [0.4, 0.5) is 0 Å². The molecule has 1 aliphatic carbocycles. The molecule has 0 aromatic heterocycles. The Morgan fingerprint density at radius 2 is 1.86 bits per heavy atom. The number of hydrogen-bond acceptors (Lipinski definition) is 1. The van der Waals surface area contributed by atoms with Crippen molar-refractivity contribution in [3.05, 3.63) is 60.2 Å². The fraction of sp³-hybridized carbons (Fsp3) is 0.0833. The average Bonchev–Trinajstić information content (AvgIpc) is 2.30. The fourth-order valence-corrected chi connectivity index (χ4v) is 1.99. The van der Waals surface area contributed by atoms with Crippen LogP contribution in [0.15, 0.2) is 54.6 Å². The van der Waals surface area contributed by atoms with E-state index in [2.05, 4.69) is 6.08 Å². The van der Waals surface area contributed by atoms with Gasteiger partial charge in [0, 0.05) is 5.92 Å². The molecule has 0 heterocycles. The molecule has 2 heteroatoms. The van der Waals surface area contributed by atoms with Gasteiger partial charge in [-0.2, -0.15) is 0 Å². The molecule has 0 N–H and O–H groups in total. The van der Waals surface area contributed by atoms with Crippen molar-refractivity contribution >= 4 is 16.1 Å². The van der Waals surface area contributed by atoms with Crippen LogP contribution >= 0.6 is 0 Å². The predicted octanol–water partition coefficient (Wildman–Crippen LogP) is 2.28. The number of benzene rings is 1. The quantitative estimate of drug-likeness (QED) is 0.638. The molecule has 0 radical (unpaired) electrons.